The molecule has 0 aliphatic rings. The number of anilines is 1. The Morgan fingerprint density at radius 1 is 1.07 bits per heavy atom. The number of amides is 1. The Balaban J connectivity index is 1.51. The predicted molar refractivity (Wildman–Crippen MR) is 111 cm³/mol. The lowest BCUT2D eigenvalue weighted by atomic mass is 10.2. The second kappa shape index (κ2) is 7.84. The quantitative estimate of drug-likeness (QED) is 0.429. The van der Waals surface area contributed by atoms with Gasteiger partial charge < -0.3 is 9.73 Å². The molecule has 0 saturated carbocycles. The van der Waals surface area contributed by atoms with Gasteiger partial charge in [0.05, 0.1) is 0 Å². The van der Waals surface area contributed by atoms with Gasteiger partial charge in [0, 0.05) is 33.6 Å². The van der Waals surface area contributed by atoms with E-state index in [2.05, 4.69) is 15.3 Å². The van der Waals surface area contributed by atoms with Gasteiger partial charge in [0.25, 0.3) is 0 Å². The number of pyridine rings is 1. The Hall–Kier alpha value is -3.15. The van der Waals surface area contributed by atoms with Crippen LogP contribution >= 0.6 is 23.2 Å². The number of fused-ring (bicyclic) bond motifs is 1. The summed E-state index contributed by atoms with van der Waals surface area (Å²) in [6, 6.07) is 15.9. The molecular formula is C21H13Cl2N3O2. The third-order valence-electron chi connectivity index (χ3n) is 3.92. The second-order valence-corrected chi connectivity index (χ2v) is 6.76. The molecule has 0 radical (unpaired) electrons. The molecule has 0 bridgehead atoms. The Morgan fingerprint density at radius 3 is 2.79 bits per heavy atom. The van der Waals surface area contributed by atoms with Crippen molar-refractivity contribution < 1.29 is 9.21 Å². The zero-order chi connectivity index (χ0) is 19.5. The minimum atomic E-state index is -0.289. The summed E-state index contributed by atoms with van der Waals surface area (Å²) in [6.45, 7) is 0. The molecule has 28 heavy (non-hydrogen) atoms. The van der Waals surface area contributed by atoms with E-state index in [1.54, 1.807) is 54.7 Å². The lowest BCUT2D eigenvalue weighted by Crippen LogP contribution is -2.07. The summed E-state index contributed by atoms with van der Waals surface area (Å²) in [4.78, 5) is 20.8. The van der Waals surface area contributed by atoms with Crippen molar-refractivity contribution in [1.29, 1.82) is 0 Å². The number of hydrogen-bond donors (Lipinski definition) is 1. The molecule has 2 aromatic heterocycles. The molecule has 5 nitrogen and oxygen atoms in total. The van der Waals surface area contributed by atoms with Gasteiger partial charge in [-0.15, -0.1) is 0 Å². The van der Waals surface area contributed by atoms with Gasteiger partial charge in [0.15, 0.2) is 11.2 Å². The van der Waals surface area contributed by atoms with Crippen LogP contribution in [-0.2, 0) is 4.79 Å². The van der Waals surface area contributed by atoms with Gasteiger partial charge >= 0.3 is 0 Å². The summed E-state index contributed by atoms with van der Waals surface area (Å²) in [5.74, 6) is 0.149. The Morgan fingerprint density at radius 2 is 1.96 bits per heavy atom. The van der Waals surface area contributed by atoms with E-state index >= 15 is 0 Å². The molecule has 0 saturated heterocycles. The van der Waals surface area contributed by atoms with Gasteiger partial charge in [-0.25, -0.2) is 4.98 Å². The third kappa shape index (κ3) is 4.06. The van der Waals surface area contributed by atoms with Crippen molar-refractivity contribution in [2.24, 2.45) is 0 Å². The standard InChI is InChI=1S/C21H13Cl2N3O2/c22-15-8-6-13(17(23)12-15)7-9-19(27)25-16-4-1-3-14(11-16)21-26-20-18(28-21)5-2-10-24-20/h1-12H,(H,25,27). The van der Waals surface area contributed by atoms with Crippen molar-refractivity contribution in [1.82, 2.24) is 9.97 Å². The van der Waals surface area contributed by atoms with Crippen molar-refractivity contribution >= 4 is 52.1 Å². The highest BCUT2D eigenvalue weighted by Gasteiger charge is 2.09. The first-order valence-corrected chi connectivity index (χ1v) is 9.10. The zero-order valence-corrected chi connectivity index (χ0v) is 15.9. The summed E-state index contributed by atoms with van der Waals surface area (Å²) in [5, 5.41) is 3.82. The first-order valence-electron chi connectivity index (χ1n) is 8.34. The van der Waals surface area contributed by atoms with Crippen LogP contribution in [0.25, 0.3) is 28.8 Å². The molecule has 0 fully saturated rings. The van der Waals surface area contributed by atoms with E-state index in [0.717, 1.165) is 5.56 Å². The SMILES string of the molecule is O=C(C=Cc1ccc(Cl)cc1Cl)Nc1cccc(-c2nc3ncccc3o2)c1. The first kappa shape index (κ1) is 18.2. The molecule has 1 amide bonds. The first-order chi connectivity index (χ1) is 13.6. The number of nitrogens with zero attached hydrogens (tertiary/aromatic N) is 2. The van der Waals surface area contributed by atoms with Crippen molar-refractivity contribution in [2.75, 3.05) is 5.32 Å². The molecule has 0 aliphatic carbocycles. The highest BCUT2D eigenvalue weighted by molar-refractivity contribution is 6.35. The van der Waals surface area contributed by atoms with E-state index in [1.165, 1.54) is 6.08 Å². The van der Waals surface area contributed by atoms with Crippen LogP contribution in [0.15, 0.2) is 71.3 Å². The number of hydrogen-bond acceptors (Lipinski definition) is 4. The van der Waals surface area contributed by atoms with Crippen LogP contribution in [-0.4, -0.2) is 15.9 Å². The smallest absolute Gasteiger partial charge is 0.248 e. The van der Waals surface area contributed by atoms with E-state index in [0.29, 0.717) is 38.4 Å². The Bertz CT molecular complexity index is 1170. The van der Waals surface area contributed by atoms with E-state index in [-0.39, 0.29) is 5.91 Å². The number of nitrogens with one attached hydrogen (secondary N) is 1. The van der Waals surface area contributed by atoms with Crippen LogP contribution in [0.1, 0.15) is 5.56 Å². The van der Waals surface area contributed by atoms with Crippen LogP contribution in [0.2, 0.25) is 10.0 Å². The van der Waals surface area contributed by atoms with Gasteiger partial charge in [-0.05, 0) is 54.1 Å². The lowest BCUT2D eigenvalue weighted by Gasteiger charge is -2.04. The van der Waals surface area contributed by atoms with Crippen LogP contribution in [0.3, 0.4) is 0 Å². The number of rotatable bonds is 4. The molecule has 0 unspecified atom stereocenters. The van der Waals surface area contributed by atoms with E-state index in [9.17, 15) is 4.79 Å². The maximum absolute atomic E-state index is 12.2. The zero-order valence-electron chi connectivity index (χ0n) is 14.4. The van der Waals surface area contributed by atoms with Crippen molar-refractivity contribution in [3.05, 3.63) is 82.5 Å². The molecule has 2 aromatic carbocycles. The van der Waals surface area contributed by atoms with E-state index < -0.39 is 0 Å². The van der Waals surface area contributed by atoms with Crippen LogP contribution < -0.4 is 5.32 Å². The average molecular weight is 410 g/mol. The molecule has 138 valence electrons. The van der Waals surface area contributed by atoms with Crippen LogP contribution in [0, 0.1) is 0 Å². The monoisotopic (exact) mass is 409 g/mol. The fourth-order valence-corrected chi connectivity index (χ4v) is 3.08. The van der Waals surface area contributed by atoms with Crippen molar-refractivity contribution in [3.63, 3.8) is 0 Å². The molecule has 1 N–H and O–H groups in total. The summed E-state index contributed by atoms with van der Waals surface area (Å²) >= 11 is 12.0. The summed E-state index contributed by atoms with van der Waals surface area (Å²) < 4.78 is 5.72. The number of carbonyl (C=O) groups is 1. The molecular weight excluding hydrogens is 397 g/mol. The fourth-order valence-electron chi connectivity index (χ4n) is 2.61. The molecule has 0 aliphatic heterocycles. The molecule has 4 rings (SSSR count). The minimum Gasteiger partial charge on any atom is -0.434 e. The molecule has 2 heterocycles. The van der Waals surface area contributed by atoms with Gasteiger partial charge in [-0.1, -0.05) is 35.3 Å². The third-order valence-corrected chi connectivity index (χ3v) is 4.48. The largest absolute Gasteiger partial charge is 0.434 e. The second-order valence-electron chi connectivity index (χ2n) is 5.91. The molecule has 7 heteroatoms. The van der Waals surface area contributed by atoms with Crippen molar-refractivity contribution in [3.8, 4) is 11.5 Å². The van der Waals surface area contributed by atoms with Gasteiger partial charge in [-0.3, -0.25) is 4.79 Å². The number of benzene rings is 2. The van der Waals surface area contributed by atoms with Crippen LogP contribution in [0.5, 0.6) is 0 Å². The van der Waals surface area contributed by atoms with E-state index in [4.69, 9.17) is 27.6 Å². The van der Waals surface area contributed by atoms with E-state index in [1.807, 2.05) is 12.1 Å². The summed E-state index contributed by atoms with van der Waals surface area (Å²) in [6.07, 6.45) is 4.69. The van der Waals surface area contributed by atoms with Gasteiger partial charge in [0.1, 0.15) is 0 Å². The van der Waals surface area contributed by atoms with Crippen molar-refractivity contribution in [2.45, 2.75) is 0 Å². The molecule has 0 atom stereocenters. The van der Waals surface area contributed by atoms with Crippen LogP contribution in [0.4, 0.5) is 5.69 Å². The molecule has 4 aromatic rings. The number of carbonyl (C=O) groups excluding carboxylic acids is 1. The Labute approximate surface area is 170 Å². The summed E-state index contributed by atoms with van der Waals surface area (Å²) in [5.41, 5.74) is 3.20. The topological polar surface area (TPSA) is 68.0 Å². The number of aromatic nitrogens is 2. The average Bonchev–Trinajstić information content (AvgIpc) is 3.12. The molecule has 0 spiro atoms. The number of oxazole rings is 1. The van der Waals surface area contributed by atoms with Gasteiger partial charge in [0.2, 0.25) is 11.8 Å². The predicted octanol–water partition coefficient (Wildman–Crippen LogP) is 5.85. The highest BCUT2D eigenvalue weighted by Crippen LogP contribution is 2.25. The summed E-state index contributed by atoms with van der Waals surface area (Å²) in [7, 11) is 0. The van der Waals surface area contributed by atoms with Gasteiger partial charge in [-0.2, -0.15) is 4.98 Å². The minimum absolute atomic E-state index is 0.289. The fraction of sp³-hybridized carbons (Fsp3) is 0. The lowest BCUT2D eigenvalue weighted by molar-refractivity contribution is -0.111. The highest BCUT2D eigenvalue weighted by atomic mass is 35.5. The Kier molecular flexibility index (Phi) is 5.10. The normalized spacial score (nSPS) is 11.2. The number of halogens is 2. The maximum atomic E-state index is 12.2. The maximum Gasteiger partial charge on any atom is 0.248 e.